The number of rotatable bonds is 8. The maximum atomic E-state index is 14.0. The predicted octanol–water partition coefficient (Wildman–Crippen LogP) is 15.7. The second kappa shape index (κ2) is 19.4. The summed E-state index contributed by atoms with van der Waals surface area (Å²) in [5, 5.41) is 0. The van der Waals surface area contributed by atoms with E-state index in [2.05, 4.69) is 6.08 Å². The van der Waals surface area contributed by atoms with Gasteiger partial charge >= 0.3 is 12.4 Å². The summed E-state index contributed by atoms with van der Waals surface area (Å²) < 4.78 is 106. The van der Waals surface area contributed by atoms with Crippen molar-refractivity contribution in [1.29, 1.82) is 0 Å². The van der Waals surface area contributed by atoms with Crippen LogP contribution < -0.4 is 0 Å². The van der Waals surface area contributed by atoms with Crippen molar-refractivity contribution in [1.82, 2.24) is 0 Å². The summed E-state index contributed by atoms with van der Waals surface area (Å²) in [5.41, 5.74) is 2.27. The van der Waals surface area contributed by atoms with Crippen LogP contribution in [0.25, 0.3) is 5.57 Å². The van der Waals surface area contributed by atoms with Crippen LogP contribution in [0, 0.1) is 69.8 Å². The molecule has 4 saturated carbocycles. The second-order valence-corrected chi connectivity index (χ2v) is 22.5. The van der Waals surface area contributed by atoms with Crippen LogP contribution in [0.3, 0.4) is 0 Å². The Balaban J connectivity index is 0.000000178. The lowest BCUT2D eigenvalue weighted by atomic mass is 9.49. The van der Waals surface area contributed by atoms with Crippen molar-refractivity contribution < 1.29 is 54.3 Å². The summed E-state index contributed by atoms with van der Waals surface area (Å²) in [6, 6.07) is 20.5. The number of hydrogen-bond donors (Lipinski definition) is 0. The van der Waals surface area contributed by atoms with Gasteiger partial charge in [0.05, 0.1) is 17.0 Å². The molecule has 12 heteroatoms. The van der Waals surface area contributed by atoms with Gasteiger partial charge in [0.1, 0.15) is 23.2 Å². The number of fused-ring (bicyclic) bond motifs is 2. The average molecular weight is 997 g/mol. The first kappa shape index (κ1) is 51.4. The van der Waals surface area contributed by atoms with E-state index in [1.807, 2.05) is 27.7 Å². The molecule has 4 nitrogen and oxygen atoms in total. The summed E-state index contributed by atoms with van der Waals surface area (Å²) in [5.74, 6) is -3.20. The molecule has 2 spiro atoms. The van der Waals surface area contributed by atoms with Crippen molar-refractivity contribution in [2.75, 3.05) is 0 Å². The number of carbonyl (C=O) groups is 4. The zero-order valence-electron chi connectivity index (χ0n) is 40.9. The number of hydrogen-bond acceptors (Lipinski definition) is 4. The van der Waals surface area contributed by atoms with E-state index in [4.69, 9.17) is 0 Å². The van der Waals surface area contributed by atoms with Crippen molar-refractivity contribution in [3.63, 3.8) is 0 Å². The third-order valence-electron chi connectivity index (χ3n) is 17.4. The molecule has 0 N–H and O–H groups in total. The average Bonchev–Trinajstić information content (AvgIpc) is 3.31. The van der Waals surface area contributed by atoms with Gasteiger partial charge in [0, 0.05) is 47.3 Å². The van der Waals surface area contributed by atoms with Crippen LogP contribution in [0.1, 0.15) is 147 Å². The van der Waals surface area contributed by atoms with Crippen molar-refractivity contribution in [2.45, 2.75) is 117 Å². The highest BCUT2D eigenvalue weighted by atomic mass is 19.4. The molecule has 6 aliphatic carbocycles. The smallest absolute Gasteiger partial charge is 0.299 e. The molecule has 72 heavy (non-hydrogen) atoms. The minimum Gasteiger partial charge on any atom is -0.299 e. The fourth-order valence-electron chi connectivity index (χ4n) is 13.6. The van der Waals surface area contributed by atoms with Crippen LogP contribution in [0.2, 0.25) is 0 Å². The van der Waals surface area contributed by atoms with E-state index in [0.29, 0.717) is 36.0 Å². The lowest BCUT2D eigenvalue weighted by Crippen LogP contribution is -2.49. The van der Waals surface area contributed by atoms with E-state index in [9.17, 15) is 54.3 Å². The zero-order chi connectivity index (χ0) is 51.7. The fraction of sp³-hybridized carbons (Fsp3) is 0.467. The van der Waals surface area contributed by atoms with Crippen LogP contribution >= 0.6 is 0 Å². The number of halogens is 8. The topological polar surface area (TPSA) is 68.3 Å². The summed E-state index contributed by atoms with van der Waals surface area (Å²) >= 11 is 0. The summed E-state index contributed by atoms with van der Waals surface area (Å²) in [6.45, 7) is 8.09. The standard InChI is InChI=1S/2C30H30F4O2/c2*1-17(2)23-14-20-15-29(12-3-13-29)16-24(35)25(20)26(18-6-10-22(31)11-7-18)27(23)28(36)19-4-8-21(9-5-19)30(32,33)34/h4-11,17,20,23,25H,3,12-16H2,1-2H3;4-11,14,17,20,25-27H,3,12-13,15-16H2,1-2H3. The normalized spacial score (nSPS) is 26.5. The van der Waals surface area contributed by atoms with Crippen LogP contribution in [0.4, 0.5) is 35.1 Å². The molecule has 0 heterocycles. The van der Waals surface area contributed by atoms with E-state index >= 15 is 0 Å². The van der Waals surface area contributed by atoms with E-state index in [0.717, 1.165) is 86.8 Å². The monoisotopic (exact) mass is 996 g/mol. The third-order valence-corrected chi connectivity index (χ3v) is 17.4. The first-order valence-corrected chi connectivity index (χ1v) is 25.4. The van der Waals surface area contributed by atoms with Gasteiger partial charge in [0.2, 0.25) is 0 Å². The van der Waals surface area contributed by atoms with Gasteiger partial charge in [-0.2, -0.15) is 26.3 Å². The number of allylic oxidation sites excluding steroid dienone is 4. The highest BCUT2D eigenvalue weighted by Crippen LogP contribution is 2.61. The van der Waals surface area contributed by atoms with Gasteiger partial charge in [0.25, 0.3) is 0 Å². The number of ketones is 4. The van der Waals surface area contributed by atoms with E-state index in [-0.39, 0.29) is 74.7 Å². The van der Waals surface area contributed by atoms with E-state index in [1.165, 1.54) is 48.5 Å². The zero-order valence-corrected chi connectivity index (χ0v) is 40.9. The fourth-order valence-corrected chi connectivity index (χ4v) is 13.6. The first-order valence-electron chi connectivity index (χ1n) is 25.4. The number of Topliss-reactive ketones (excluding diaryl/α,β-unsaturated/α-hetero) is 4. The molecule has 7 atom stereocenters. The van der Waals surface area contributed by atoms with Crippen LogP contribution in [-0.2, 0) is 21.9 Å². The molecular weight excluding hydrogens is 937 g/mol. The largest absolute Gasteiger partial charge is 0.416 e. The van der Waals surface area contributed by atoms with E-state index < -0.39 is 58.8 Å². The van der Waals surface area contributed by atoms with Gasteiger partial charge in [-0.05, 0) is 151 Å². The molecule has 4 fully saturated rings. The molecule has 6 aliphatic rings. The van der Waals surface area contributed by atoms with Crippen molar-refractivity contribution in [2.24, 2.45) is 58.2 Å². The Morgan fingerprint density at radius 3 is 1.60 bits per heavy atom. The maximum absolute atomic E-state index is 14.0. The molecule has 4 aromatic rings. The van der Waals surface area contributed by atoms with Crippen molar-refractivity contribution in [3.8, 4) is 0 Å². The summed E-state index contributed by atoms with van der Waals surface area (Å²) in [4.78, 5) is 55.3. The lowest BCUT2D eigenvalue weighted by molar-refractivity contribution is -0.138. The molecule has 7 unspecified atom stereocenters. The second-order valence-electron chi connectivity index (χ2n) is 22.5. The predicted molar refractivity (Wildman–Crippen MR) is 258 cm³/mol. The van der Waals surface area contributed by atoms with Crippen LogP contribution in [0.15, 0.2) is 114 Å². The summed E-state index contributed by atoms with van der Waals surface area (Å²) in [7, 11) is 0. The Morgan fingerprint density at radius 2 is 1.11 bits per heavy atom. The van der Waals surface area contributed by atoms with Gasteiger partial charge in [-0.1, -0.05) is 101 Å². The van der Waals surface area contributed by atoms with Crippen LogP contribution in [-0.4, -0.2) is 23.1 Å². The molecule has 4 aromatic carbocycles. The lowest BCUT2D eigenvalue weighted by Gasteiger charge is -2.53. The minimum absolute atomic E-state index is 0.00402. The Labute approximate surface area is 415 Å². The molecule has 0 saturated heterocycles. The van der Waals surface area contributed by atoms with Gasteiger partial charge in [-0.25, -0.2) is 8.78 Å². The highest BCUT2D eigenvalue weighted by Gasteiger charge is 2.56. The maximum Gasteiger partial charge on any atom is 0.416 e. The minimum atomic E-state index is -4.50. The number of benzene rings is 4. The third kappa shape index (κ3) is 9.84. The Morgan fingerprint density at radius 1 is 0.611 bits per heavy atom. The first-order chi connectivity index (χ1) is 34.0. The molecule has 0 aliphatic heterocycles. The van der Waals surface area contributed by atoms with Gasteiger partial charge in [0.15, 0.2) is 11.6 Å². The number of alkyl halides is 6. The van der Waals surface area contributed by atoms with Crippen molar-refractivity contribution in [3.05, 3.63) is 159 Å². The Kier molecular flexibility index (Phi) is 13.8. The molecule has 380 valence electrons. The SMILES string of the molecule is CC(C)C1=CC2CC3(CCC3)CC(=O)C2C(c2ccc(F)cc2)C1C(=O)c1ccc(C(F)(F)F)cc1.CC(C)C1CC2CC3(CCC3)CC(=O)C2C(c2ccc(F)cc2)=C1C(=O)c1ccc(C(F)(F)F)cc1. The Hall–Kier alpha value is -5.52. The van der Waals surface area contributed by atoms with Gasteiger partial charge in [-0.3, -0.25) is 19.2 Å². The van der Waals surface area contributed by atoms with Crippen molar-refractivity contribution >= 4 is 28.7 Å². The molecule has 0 bridgehead atoms. The molecule has 10 rings (SSSR count). The highest BCUT2D eigenvalue weighted by molar-refractivity contribution is 6.16. The van der Waals surface area contributed by atoms with Gasteiger partial charge < -0.3 is 0 Å². The molecule has 0 radical (unpaired) electrons. The molecule has 0 amide bonds. The van der Waals surface area contributed by atoms with E-state index in [1.54, 1.807) is 24.3 Å². The van der Waals surface area contributed by atoms with Crippen LogP contribution in [0.5, 0.6) is 0 Å². The molecule has 0 aromatic heterocycles. The number of carbonyl (C=O) groups excluding carboxylic acids is 4. The summed E-state index contributed by atoms with van der Waals surface area (Å²) in [6.07, 6.45) is 3.13. The van der Waals surface area contributed by atoms with Gasteiger partial charge in [-0.15, -0.1) is 0 Å². The molecular formula is C60H60F8O4. The quantitative estimate of drug-likeness (QED) is 0.100. The Bertz CT molecular complexity index is 2770.